The Hall–Kier alpha value is -1.68. The number of halogens is 2. The molecule has 1 heterocycles. The van der Waals surface area contributed by atoms with Crippen molar-refractivity contribution in [2.75, 3.05) is 0 Å². The van der Waals surface area contributed by atoms with Gasteiger partial charge in [-0.1, -0.05) is 11.6 Å². The predicted molar refractivity (Wildman–Crippen MR) is 53.7 cm³/mol. The Labute approximate surface area is 89.1 Å². The average molecular weight is 226 g/mol. The van der Waals surface area contributed by atoms with Crippen LogP contribution in [-0.2, 0) is 0 Å². The van der Waals surface area contributed by atoms with Crippen LogP contribution in [-0.4, -0.2) is 16.1 Å². The van der Waals surface area contributed by atoms with E-state index >= 15 is 0 Å². The molecule has 0 atom stereocenters. The number of aromatic carboxylic acids is 1. The van der Waals surface area contributed by atoms with Gasteiger partial charge in [0.2, 0.25) is 0 Å². The lowest BCUT2D eigenvalue weighted by Crippen LogP contribution is -1.99. The molecule has 0 unspecified atom stereocenters. The van der Waals surface area contributed by atoms with E-state index in [4.69, 9.17) is 16.7 Å². The molecule has 76 valence electrons. The van der Waals surface area contributed by atoms with Gasteiger partial charge in [-0.05, 0) is 18.2 Å². The molecule has 0 saturated heterocycles. The molecule has 2 aromatic rings. The summed E-state index contributed by atoms with van der Waals surface area (Å²) >= 11 is 5.64. The van der Waals surface area contributed by atoms with Crippen molar-refractivity contribution in [3.8, 4) is 0 Å². The Kier molecular flexibility index (Phi) is 2.28. The average Bonchev–Trinajstić information content (AvgIpc) is 2.16. The van der Waals surface area contributed by atoms with Crippen LogP contribution in [0.4, 0.5) is 4.39 Å². The molecular formula is C10H5ClFNO2. The highest BCUT2D eigenvalue weighted by Crippen LogP contribution is 2.24. The molecule has 2 rings (SSSR count). The monoisotopic (exact) mass is 225 g/mol. The molecule has 1 N–H and O–H groups in total. The van der Waals surface area contributed by atoms with E-state index in [1.165, 1.54) is 18.3 Å². The molecule has 0 aliphatic carbocycles. The number of aromatic nitrogens is 1. The molecule has 0 radical (unpaired) electrons. The summed E-state index contributed by atoms with van der Waals surface area (Å²) in [7, 11) is 0. The molecule has 3 nitrogen and oxygen atoms in total. The second-order valence-electron chi connectivity index (χ2n) is 2.95. The van der Waals surface area contributed by atoms with E-state index in [0.717, 1.165) is 6.07 Å². The lowest BCUT2D eigenvalue weighted by atomic mass is 10.1. The van der Waals surface area contributed by atoms with Gasteiger partial charge in [-0.15, -0.1) is 0 Å². The van der Waals surface area contributed by atoms with Gasteiger partial charge in [0.05, 0.1) is 5.56 Å². The van der Waals surface area contributed by atoms with Gasteiger partial charge in [0.1, 0.15) is 5.52 Å². The fourth-order valence-corrected chi connectivity index (χ4v) is 1.57. The van der Waals surface area contributed by atoms with Crippen LogP contribution in [0.5, 0.6) is 0 Å². The largest absolute Gasteiger partial charge is 0.478 e. The first kappa shape index (κ1) is 9.86. The van der Waals surface area contributed by atoms with Gasteiger partial charge in [0.15, 0.2) is 5.82 Å². The number of rotatable bonds is 1. The molecule has 1 aromatic carbocycles. The van der Waals surface area contributed by atoms with Crippen LogP contribution in [0.2, 0.25) is 5.02 Å². The summed E-state index contributed by atoms with van der Waals surface area (Å²) in [4.78, 5) is 14.6. The number of carboxylic acids is 1. The molecule has 0 fully saturated rings. The number of carboxylic acid groups (broad SMARTS) is 1. The number of benzene rings is 1. The van der Waals surface area contributed by atoms with Gasteiger partial charge in [-0.2, -0.15) is 0 Å². The van der Waals surface area contributed by atoms with Crippen LogP contribution in [0.3, 0.4) is 0 Å². The number of hydrogen-bond donors (Lipinski definition) is 1. The highest BCUT2D eigenvalue weighted by molar-refractivity contribution is 6.31. The molecule has 0 amide bonds. The van der Waals surface area contributed by atoms with E-state index in [0.29, 0.717) is 0 Å². The zero-order chi connectivity index (χ0) is 11.0. The fraction of sp³-hybridized carbons (Fsp3) is 0. The van der Waals surface area contributed by atoms with Crippen molar-refractivity contribution < 1.29 is 14.3 Å². The number of fused-ring (bicyclic) bond motifs is 1. The fourth-order valence-electron chi connectivity index (χ4n) is 1.37. The van der Waals surface area contributed by atoms with Crippen molar-refractivity contribution in [1.82, 2.24) is 4.98 Å². The maximum Gasteiger partial charge on any atom is 0.336 e. The van der Waals surface area contributed by atoms with Crippen LogP contribution >= 0.6 is 11.6 Å². The van der Waals surface area contributed by atoms with Crippen molar-refractivity contribution in [1.29, 1.82) is 0 Å². The second kappa shape index (κ2) is 3.47. The Morgan fingerprint density at radius 2 is 2.20 bits per heavy atom. The molecule has 15 heavy (non-hydrogen) atoms. The smallest absolute Gasteiger partial charge is 0.336 e. The molecule has 0 spiro atoms. The van der Waals surface area contributed by atoms with E-state index in [1.807, 2.05) is 0 Å². The first-order valence-electron chi connectivity index (χ1n) is 4.06. The van der Waals surface area contributed by atoms with Crippen LogP contribution in [0.25, 0.3) is 10.9 Å². The quantitative estimate of drug-likeness (QED) is 0.812. The minimum Gasteiger partial charge on any atom is -0.478 e. The van der Waals surface area contributed by atoms with Gasteiger partial charge in [-0.3, -0.25) is 4.98 Å². The third kappa shape index (κ3) is 1.64. The first-order valence-corrected chi connectivity index (χ1v) is 4.44. The van der Waals surface area contributed by atoms with Crippen molar-refractivity contribution in [2.45, 2.75) is 0 Å². The van der Waals surface area contributed by atoms with Crippen LogP contribution < -0.4 is 0 Å². The number of carbonyl (C=O) groups is 1. The maximum atomic E-state index is 13.4. The third-order valence-corrected chi connectivity index (χ3v) is 2.21. The first-order chi connectivity index (χ1) is 7.09. The summed E-state index contributed by atoms with van der Waals surface area (Å²) in [5.41, 5.74) is 0.000648. The third-order valence-electron chi connectivity index (χ3n) is 1.99. The van der Waals surface area contributed by atoms with E-state index in [-0.39, 0.29) is 21.5 Å². The normalized spacial score (nSPS) is 10.5. The van der Waals surface area contributed by atoms with Gasteiger partial charge in [0, 0.05) is 16.6 Å². The minimum absolute atomic E-state index is 0.0126. The van der Waals surface area contributed by atoms with Crippen LogP contribution in [0, 0.1) is 5.82 Å². The van der Waals surface area contributed by atoms with Gasteiger partial charge < -0.3 is 5.11 Å². The zero-order valence-electron chi connectivity index (χ0n) is 7.37. The Morgan fingerprint density at radius 3 is 2.87 bits per heavy atom. The molecule has 1 aromatic heterocycles. The predicted octanol–water partition coefficient (Wildman–Crippen LogP) is 2.73. The van der Waals surface area contributed by atoms with Gasteiger partial charge in [-0.25, -0.2) is 9.18 Å². The van der Waals surface area contributed by atoms with Gasteiger partial charge in [0.25, 0.3) is 0 Å². The maximum absolute atomic E-state index is 13.4. The summed E-state index contributed by atoms with van der Waals surface area (Å²) in [6, 6.07) is 3.79. The molecule has 5 heteroatoms. The standard InChI is InChI=1S/C10H5ClFNO2/c11-5-3-7-6(10(14)15)1-2-13-9(7)8(12)4-5/h1-4H,(H,14,15). The Balaban J connectivity index is 2.91. The highest BCUT2D eigenvalue weighted by Gasteiger charge is 2.12. The molecule has 0 aliphatic rings. The van der Waals surface area contributed by atoms with Gasteiger partial charge >= 0.3 is 5.97 Å². The summed E-state index contributed by atoms with van der Waals surface area (Å²) < 4.78 is 13.4. The number of pyridine rings is 1. The lowest BCUT2D eigenvalue weighted by Gasteiger charge is -2.02. The Morgan fingerprint density at radius 1 is 1.47 bits per heavy atom. The van der Waals surface area contributed by atoms with Crippen molar-refractivity contribution in [3.63, 3.8) is 0 Å². The molecule has 0 bridgehead atoms. The Bertz CT molecular complexity index is 556. The minimum atomic E-state index is -1.14. The van der Waals surface area contributed by atoms with E-state index in [2.05, 4.69) is 4.98 Å². The number of nitrogens with zero attached hydrogens (tertiary/aromatic N) is 1. The topological polar surface area (TPSA) is 50.2 Å². The van der Waals surface area contributed by atoms with Crippen LogP contribution in [0.1, 0.15) is 10.4 Å². The second-order valence-corrected chi connectivity index (χ2v) is 3.38. The number of hydrogen-bond acceptors (Lipinski definition) is 2. The highest BCUT2D eigenvalue weighted by atomic mass is 35.5. The van der Waals surface area contributed by atoms with Crippen LogP contribution in [0.15, 0.2) is 24.4 Å². The van der Waals surface area contributed by atoms with E-state index in [1.54, 1.807) is 0 Å². The van der Waals surface area contributed by atoms with E-state index in [9.17, 15) is 9.18 Å². The van der Waals surface area contributed by atoms with Crippen molar-refractivity contribution in [2.24, 2.45) is 0 Å². The van der Waals surface area contributed by atoms with Crippen molar-refractivity contribution in [3.05, 3.63) is 40.8 Å². The molecule has 0 saturated carbocycles. The summed E-state index contributed by atoms with van der Waals surface area (Å²) in [6.07, 6.45) is 1.25. The summed E-state index contributed by atoms with van der Waals surface area (Å²) in [5, 5.41) is 9.22. The van der Waals surface area contributed by atoms with E-state index < -0.39 is 11.8 Å². The molecular weight excluding hydrogens is 221 g/mol. The zero-order valence-corrected chi connectivity index (χ0v) is 8.12. The lowest BCUT2D eigenvalue weighted by molar-refractivity contribution is 0.0699. The SMILES string of the molecule is O=C(O)c1ccnc2c(F)cc(Cl)cc12. The van der Waals surface area contributed by atoms with Crippen molar-refractivity contribution >= 4 is 28.5 Å². The summed E-state index contributed by atoms with van der Waals surface area (Å²) in [5.74, 6) is -1.76. The summed E-state index contributed by atoms with van der Waals surface area (Å²) in [6.45, 7) is 0. The molecule has 0 aliphatic heterocycles.